The van der Waals surface area contributed by atoms with Gasteiger partial charge in [0.2, 0.25) is 0 Å². The summed E-state index contributed by atoms with van der Waals surface area (Å²) < 4.78 is 16.9. The minimum Gasteiger partial charge on any atom is -0.494 e. The first kappa shape index (κ1) is 17.9. The molecule has 1 aromatic rings. The first-order valence-corrected chi connectivity index (χ1v) is 7.98. The van der Waals surface area contributed by atoms with Crippen LogP contribution < -0.4 is 10.1 Å². The second-order valence-corrected chi connectivity index (χ2v) is 5.75. The van der Waals surface area contributed by atoms with Gasteiger partial charge in [-0.15, -0.1) is 0 Å². The van der Waals surface area contributed by atoms with Gasteiger partial charge in [-0.05, 0) is 24.1 Å². The highest BCUT2D eigenvalue weighted by molar-refractivity contribution is 5.59. The van der Waals surface area contributed by atoms with E-state index >= 15 is 0 Å². The number of carbonyl (C=O) groups excluding carboxylic acids is 1. The van der Waals surface area contributed by atoms with Gasteiger partial charge >= 0.3 is 0 Å². The molecule has 5 nitrogen and oxygen atoms in total. The molecule has 1 heterocycles. The molecule has 1 N–H and O–H groups in total. The molecule has 1 aliphatic rings. The topological polar surface area (TPSA) is 56.8 Å². The van der Waals surface area contributed by atoms with Crippen molar-refractivity contribution in [2.75, 3.05) is 19.8 Å². The lowest BCUT2D eigenvalue weighted by Crippen LogP contribution is -2.31. The first-order chi connectivity index (χ1) is 11.7. The Morgan fingerprint density at radius 3 is 3.04 bits per heavy atom. The van der Waals surface area contributed by atoms with Crippen LogP contribution in [0.15, 0.2) is 48.4 Å². The normalized spacial score (nSPS) is 16.1. The van der Waals surface area contributed by atoms with Crippen LogP contribution in [0.1, 0.15) is 19.4 Å². The number of ether oxygens (including phenoxy) is 3. The summed E-state index contributed by atoms with van der Waals surface area (Å²) in [4.78, 5) is 10.2. The van der Waals surface area contributed by atoms with Gasteiger partial charge in [0.25, 0.3) is 0 Å². The molecule has 0 bridgehead atoms. The lowest BCUT2D eigenvalue weighted by molar-refractivity contribution is 0.0993. The van der Waals surface area contributed by atoms with Crippen molar-refractivity contribution in [2.24, 2.45) is 5.92 Å². The fourth-order valence-corrected chi connectivity index (χ4v) is 2.01. The number of nitrogens with one attached hydrogen (secondary N) is 1. The van der Waals surface area contributed by atoms with E-state index in [1.807, 2.05) is 36.4 Å². The smallest absolute Gasteiger partial charge is 0.189 e. The molecule has 0 amide bonds. The van der Waals surface area contributed by atoms with Crippen molar-refractivity contribution in [2.45, 2.75) is 20.1 Å². The van der Waals surface area contributed by atoms with Gasteiger partial charge in [-0.2, -0.15) is 0 Å². The molecule has 0 aromatic heterocycles. The molecule has 0 radical (unpaired) electrons. The van der Waals surface area contributed by atoms with Crippen molar-refractivity contribution < 1.29 is 19.0 Å². The van der Waals surface area contributed by atoms with E-state index in [0.29, 0.717) is 18.3 Å². The van der Waals surface area contributed by atoms with Crippen molar-refractivity contribution in [3.63, 3.8) is 0 Å². The van der Waals surface area contributed by atoms with Crippen molar-refractivity contribution in [1.82, 2.24) is 5.32 Å². The molecule has 1 unspecified atom stereocenters. The van der Waals surface area contributed by atoms with Gasteiger partial charge in [-0.1, -0.05) is 32.0 Å². The Kier molecular flexibility index (Phi) is 7.15. The minimum atomic E-state index is -0.271. The Bertz CT molecular complexity index is 630. The summed E-state index contributed by atoms with van der Waals surface area (Å²) in [5.41, 5.74) is 1.06. The Hall–Kier alpha value is -2.49. The fourth-order valence-electron chi connectivity index (χ4n) is 2.01. The summed E-state index contributed by atoms with van der Waals surface area (Å²) in [6.07, 6.45) is 6.72. The Morgan fingerprint density at radius 1 is 1.42 bits per heavy atom. The SMILES string of the molecule is CC(C)COC(=CNC1C=Cc2ccccc2O1)COCC=C=O. The molecule has 2 rings (SSSR count). The van der Waals surface area contributed by atoms with E-state index in [2.05, 4.69) is 19.2 Å². The highest BCUT2D eigenvalue weighted by Gasteiger charge is 2.13. The average molecular weight is 329 g/mol. The summed E-state index contributed by atoms with van der Waals surface area (Å²) in [6.45, 7) is 5.21. The zero-order chi connectivity index (χ0) is 17.2. The van der Waals surface area contributed by atoms with Crippen molar-refractivity contribution in [3.05, 3.63) is 53.9 Å². The van der Waals surface area contributed by atoms with E-state index in [-0.39, 0.29) is 19.4 Å². The lowest BCUT2D eigenvalue weighted by Gasteiger charge is -2.22. The van der Waals surface area contributed by atoms with Gasteiger partial charge in [0, 0.05) is 17.8 Å². The maximum absolute atomic E-state index is 10.2. The molecule has 1 atom stereocenters. The predicted molar refractivity (Wildman–Crippen MR) is 93.0 cm³/mol. The van der Waals surface area contributed by atoms with Crippen LogP contribution in [0.4, 0.5) is 0 Å². The lowest BCUT2D eigenvalue weighted by atomic mass is 10.1. The highest BCUT2D eigenvalue weighted by atomic mass is 16.5. The van der Waals surface area contributed by atoms with Crippen LogP contribution in [0.5, 0.6) is 5.75 Å². The van der Waals surface area contributed by atoms with E-state index in [9.17, 15) is 4.79 Å². The van der Waals surface area contributed by atoms with Gasteiger partial charge in [0.05, 0.1) is 13.2 Å². The number of para-hydroxylation sites is 1. The molecular formula is C19H23NO4. The third-order valence-electron chi connectivity index (χ3n) is 3.16. The molecule has 24 heavy (non-hydrogen) atoms. The van der Waals surface area contributed by atoms with Gasteiger partial charge in [0.15, 0.2) is 6.23 Å². The zero-order valence-electron chi connectivity index (χ0n) is 14.0. The second-order valence-electron chi connectivity index (χ2n) is 5.75. The van der Waals surface area contributed by atoms with Crippen LogP contribution in [-0.4, -0.2) is 32.0 Å². The van der Waals surface area contributed by atoms with Crippen LogP contribution in [0, 0.1) is 5.92 Å². The quantitative estimate of drug-likeness (QED) is 0.429. The summed E-state index contributed by atoms with van der Waals surface area (Å²) in [6, 6.07) is 7.85. The van der Waals surface area contributed by atoms with Crippen LogP contribution in [0.25, 0.3) is 6.08 Å². The van der Waals surface area contributed by atoms with Gasteiger partial charge < -0.3 is 19.5 Å². The average Bonchev–Trinajstić information content (AvgIpc) is 2.60. The number of rotatable bonds is 9. The maximum atomic E-state index is 10.2. The van der Waals surface area contributed by atoms with Crippen molar-refractivity contribution in [3.8, 4) is 5.75 Å². The van der Waals surface area contributed by atoms with Crippen molar-refractivity contribution >= 4 is 12.0 Å². The third-order valence-corrected chi connectivity index (χ3v) is 3.16. The standard InChI is InChI=1S/C19H23NO4/c1-15(2)13-23-17(14-22-11-5-10-21)12-20-19-9-8-16-6-3-4-7-18(16)24-19/h3-9,12,15,19-20H,11,13-14H2,1-2H3. The highest BCUT2D eigenvalue weighted by Crippen LogP contribution is 2.24. The molecule has 1 aliphatic heterocycles. The van der Waals surface area contributed by atoms with Crippen LogP contribution in [0.2, 0.25) is 0 Å². The van der Waals surface area contributed by atoms with E-state index < -0.39 is 0 Å². The third kappa shape index (κ3) is 5.95. The van der Waals surface area contributed by atoms with Gasteiger partial charge in [0.1, 0.15) is 24.1 Å². The molecule has 0 saturated carbocycles. The number of benzene rings is 1. The molecular weight excluding hydrogens is 306 g/mol. The largest absolute Gasteiger partial charge is 0.494 e. The molecule has 128 valence electrons. The number of hydrogen-bond donors (Lipinski definition) is 1. The van der Waals surface area contributed by atoms with Crippen LogP contribution in [-0.2, 0) is 14.3 Å². The minimum absolute atomic E-state index is 0.207. The number of fused-ring (bicyclic) bond motifs is 1. The van der Waals surface area contributed by atoms with E-state index in [1.165, 1.54) is 6.08 Å². The van der Waals surface area contributed by atoms with E-state index in [4.69, 9.17) is 14.2 Å². The second kappa shape index (κ2) is 9.60. The summed E-state index contributed by atoms with van der Waals surface area (Å²) in [7, 11) is 0. The molecule has 0 fully saturated rings. The Morgan fingerprint density at radius 2 is 2.25 bits per heavy atom. The van der Waals surface area contributed by atoms with Crippen LogP contribution >= 0.6 is 0 Å². The summed E-state index contributed by atoms with van der Waals surface area (Å²) in [5, 5.41) is 3.16. The molecule has 1 aromatic carbocycles. The first-order valence-electron chi connectivity index (χ1n) is 7.98. The Balaban J connectivity index is 1.92. The van der Waals surface area contributed by atoms with Gasteiger partial charge in [-0.25, -0.2) is 4.79 Å². The zero-order valence-corrected chi connectivity index (χ0v) is 14.0. The monoisotopic (exact) mass is 329 g/mol. The van der Waals surface area contributed by atoms with Crippen molar-refractivity contribution in [1.29, 1.82) is 0 Å². The fraction of sp³-hybridized carbons (Fsp3) is 0.368. The maximum Gasteiger partial charge on any atom is 0.189 e. The number of hydrogen-bond acceptors (Lipinski definition) is 5. The van der Waals surface area contributed by atoms with Gasteiger partial charge in [-0.3, -0.25) is 0 Å². The van der Waals surface area contributed by atoms with E-state index in [1.54, 1.807) is 12.1 Å². The predicted octanol–water partition coefficient (Wildman–Crippen LogP) is 2.93. The Labute approximate surface area is 142 Å². The van der Waals surface area contributed by atoms with Crippen LogP contribution in [0.3, 0.4) is 0 Å². The summed E-state index contributed by atoms with van der Waals surface area (Å²) in [5.74, 6) is 3.57. The molecule has 5 heteroatoms. The molecule has 0 saturated heterocycles. The molecule has 0 spiro atoms. The molecule has 0 aliphatic carbocycles. The van der Waals surface area contributed by atoms with E-state index in [0.717, 1.165) is 11.3 Å². The summed E-state index contributed by atoms with van der Waals surface area (Å²) >= 11 is 0.